The summed E-state index contributed by atoms with van der Waals surface area (Å²) in [6.45, 7) is 8.20. The van der Waals surface area contributed by atoms with Gasteiger partial charge in [-0.2, -0.15) is 0 Å². The standard InChI is InChI=1S/C20H36O4/c1-17(2)7-5-8-18(3)9-6-10-19(4)11-12-24-16-20(13-21,14-22)15-23/h7,9,11,21-23H,5-6,8,10,12-16H2,1-4H3/b18-9+,19-11?. The van der Waals surface area contributed by atoms with Crippen LogP contribution in [0.4, 0.5) is 0 Å². The molecule has 0 bridgehead atoms. The Morgan fingerprint density at radius 1 is 0.792 bits per heavy atom. The molecule has 0 aromatic carbocycles. The molecule has 140 valence electrons. The lowest BCUT2D eigenvalue weighted by Crippen LogP contribution is -2.38. The minimum Gasteiger partial charge on any atom is -0.396 e. The Kier molecular flexibility index (Phi) is 12.8. The fourth-order valence-electron chi connectivity index (χ4n) is 2.10. The molecule has 4 nitrogen and oxygen atoms in total. The van der Waals surface area contributed by atoms with Gasteiger partial charge in [-0.3, -0.25) is 0 Å². The van der Waals surface area contributed by atoms with Gasteiger partial charge in [-0.15, -0.1) is 0 Å². The average molecular weight is 341 g/mol. The van der Waals surface area contributed by atoms with Gasteiger partial charge in [-0.05, 0) is 53.4 Å². The highest BCUT2D eigenvalue weighted by Gasteiger charge is 2.28. The maximum atomic E-state index is 9.22. The summed E-state index contributed by atoms with van der Waals surface area (Å²) in [4.78, 5) is 0. The summed E-state index contributed by atoms with van der Waals surface area (Å²) in [6, 6.07) is 0. The summed E-state index contributed by atoms with van der Waals surface area (Å²) in [7, 11) is 0. The molecule has 0 fully saturated rings. The van der Waals surface area contributed by atoms with E-state index in [-0.39, 0.29) is 26.4 Å². The Hall–Kier alpha value is -0.940. The first-order chi connectivity index (χ1) is 11.4. The van der Waals surface area contributed by atoms with E-state index in [9.17, 15) is 15.3 Å². The molecule has 0 saturated carbocycles. The minimum absolute atomic E-state index is 0.143. The highest BCUT2D eigenvalue weighted by molar-refractivity contribution is 5.05. The Labute approximate surface area is 147 Å². The second-order valence-corrected chi connectivity index (χ2v) is 6.95. The number of rotatable bonds is 13. The molecule has 0 radical (unpaired) electrons. The number of hydrogen-bond acceptors (Lipinski definition) is 4. The molecule has 0 rings (SSSR count). The maximum Gasteiger partial charge on any atom is 0.0650 e. The highest BCUT2D eigenvalue weighted by Crippen LogP contribution is 2.15. The predicted molar refractivity (Wildman–Crippen MR) is 99.9 cm³/mol. The first-order valence-corrected chi connectivity index (χ1v) is 8.74. The zero-order valence-corrected chi connectivity index (χ0v) is 15.8. The van der Waals surface area contributed by atoms with Gasteiger partial charge in [-0.25, -0.2) is 0 Å². The van der Waals surface area contributed by atoms with E-state index in [2.05, 4.69) is 39.8 Å². The molecule has 0 heterocycles. The zero-order valence-electron chi connectivity index (χ0n) is 15.8. The number of hydrogen-bond donors (Lipinski definition) is 3. The number of aliphatic hydroxyl groups excluding tert-OH is 3. The lowest BCUT2D eigenvalue weighted by atomic mass is 9.93. The molecule has 0 saturated heterocycles. The molecule has 0 spiro atoms. The minimum atomic E-state index is -0.952. The summed E-state index contributed by atoms with van der Waals surface area (Å²) >= 11 is 0. The Balaban J connectivity index is 4.05. The molecular formula is C20H36O4. The highest BCUT2D eigenvalue weighted by atomic mass is 16.5. The topological polar surface area (TPSA) is 69.9 Å². The summed E-state index contributed by atoms with van der Waals surface area (Å²) in [6.07, 6.45) is 10.8. The van der Waals surface area contributed by atoms with E-state index in [1.54, 1.807) is 0 Å². The molecular weight excluding hydrogens is 304 g/mol. The fraction of sp³-hybridized carbons (Fsp3) is 0.700. The SMILES string of the molecule is CC(C)=CCC/C(C)=C/CCC(C)=CCOCC(CO)(CO)CO. The smallest absolute Gasteiger partial charge is 0.0650 e. The normalized spacial score (nSPS) is 13.3. The molecule has 0 aromatic heterocycles. The van der Waals surface area contributed by atoms with Crippen LogP contribution in [0.2, 0.25) is 0 Å². The quantitative estimate of drug-likeness (QED) is 0.355. The third-order valence-electron chi connectivity index (χ3n) is 4.09. The van der Waals surface area contributed by atoms with Crippen LogP contribution in [0.25, 0.3) is 0 Å². The van der Waals surface area contributed by atoms with Crippen molar-refractivity contribution in [1.29, 1.82) is 0 Å². The Bertz CT molecular complexity index is 405. The molecule has 24 heavy (non-hydrogen) atoms. The molecule has 0 aromatic rings. The van der Waals surface area contributed by atoms with E-state index in [4.69, 9.17) is 4.74 Å². The van der Waals surface area contributed by atoms with Crippen molar-refractivity contribution in [2.45, 2.75) is 53.4 Å². The van der Waals surface area contributed by atoms with Crippen LogP contribution in [0.5, 0.6) is 0 Å². The van der Waals surface area contributed by atoms with Crippen LogP contribution in [-0.2, 0) is 4.74 Å². The molecule has 0 aliphatic rings. The van der Waals surface area contributed by atoms with Gasteiger partial charge in [0.25, 0.3) is 0 Å². The second-order valence-electron chi connectivity index (χ2n) is 6.95. The molecule has 0 amide bonds. The number of aliphatic hydroxyl groups is 3. The summed E-state index contributed by atoms with van der Waals surface area (Å²) in [5.74, 6) is 0. The van der Waals surface area contributed by atoms with Crippen molar-refractivity contribution in [1.82, 2.24) is 0 Å². The predicted octanol–water partition coefficient (Wildman–Crippen LogP) is 3.39. The lowest BCUT2D eigenvalue weighted by molar-refractivity contribution is -0.0524. The van der Waals surface area contributed by atoms with Crippen LogP contribution in [0.15, 0.2) is 34.9 Å². The van der Waals surface area contributed by atoms with Gasteiger partial charge in [0.05, 0.1) is 38.4 Å². The van der Waals surface area contributed by atoms with Crippen molar-refractivity contribution in [3.63, 3.8) is 0 Å². The van der Waals surface area contributed by atoms with E-state index >= 15 is 0 Å². The van der Waals surface area contributed by atoms with Gasteiger partial charge in [0, 0.05) is 0 Å². The van der Waals surface area contributed by atoms with Gasteiger partial charge in [0.1, 0.15) is 0 Å². The first-order valence-electron chi connectivity index (χ1n) is 8.74. The fourth-order valence-corrected chi connectivity index (χ4v) is 2.10. The van der Waals surface area contributed by atoms with E-state index in [0.29, 0.717) is 6.61 Å². The van der Waals surface area contributed by atoms with Crippen molar-refractivity contribution >= 4 is 0 Å². The van der Waals surface area contributed by atoms with E-state index < -0.39 is 5.41 Å². The van der Waals surface area contributed by atoms with Crippen molar-refractivity contribution in [2.24, 2.45) is 5.41 Å². The van der Waals surface area contributed by atoms with Crippen molar-refractivity contribution in [2.75, 3.05) is 33.0 Å². The van der Waals surface area contributed by atoms with Gasteiger partial charge in [0.2, 0.25) is 0 Å². The van der Waals surface area contributed by atoms with Gasteiger partial charge >= 0.3 is 0 Å². The zero-order chi connectivity index (χ0) is 18.4. The summed E-state index contributed by atoms with van der Waals surface area (Å²) in [5.41, 5.74) is 3.10. The van der Waals surface area contributed by atoms with Crippen LogP contribution in [0.3, 0.4) is 0 Å². The van der Waals surface area contributed by atoms with Crippen LogP contribution in [0, 0.1) is 5.41 Å². The van der Waals surface area contributed by atoms with Crippen LogP contribution >= 0.6 is 0 Å². The molecule has 3 N–H and O–H groups in total. The molecule has 4 heteroatoms. The second kappa shape index (κ2) is 13.4. The summed E-state index contributed by atoms with van der Waals surface area (Å²) < 4.78 is 5.47. The number of allylic oxidation sites excluding steroid dienone is 5. The van der Waals surface area contributed by atoms with Gasteiger partial charge in [0.15, 0.2) is 0 Å². The largest absolute Gasteiger partial charge is 0.396 e. The van der Waals surface area contributed by atoms with E-state index in [0.717, 1.165) is 25.7 Å². The van der Waals surface area contributed by atoms with Crippen molar-refractivity contribution in [3.8, 4) is 0 Å². The Morgan fingerprint density at radius 2 is 1.29 bits per heavy atom. The van der Waals surface area contributed by atoms with Crippen LogP contribution in [0.1, 0.15) is 53.4 Å². The third kappa shape index (κ3) is 10.8. The number of ether oxygens (including phenoxy) is 1. The molecule has 0 aliphatic heterocycles. The third-order valence-corrected chi connectivity index (χ3v) is 4.09. The summed E-state index contributed by atoms with van der Waals surface area (Å²) in [5, 5.41) is 27.7. The maximum absolute atomic E-state index is 9.22. The molecule has 0 unspecified atom stereocenters. The average Bonchev–Trinajstić information content (AvgIpc) is 2.55. The lowest BCUT2D eigenvalue weighted by Gasteiger charge is -2.26. The van der Waals surface area contributed by atoms with Crippen molar-refractivity contribution < 1.29 is 20.1 Å². The van der Waals surface area contributed by atoms with Gasteiger partial charge in [-0.1, -0.05) is 34.9 Å². The first kappa shape index (κ1) is 23.1. The van der Waals surface area contributed by atoms with Crippen LogP contribution < -0.4 is 0 Å². The van der Waals surface area contributed by atoms with E-state index in [1.807, 2.05) is 6.08 Å². The molecule has 0 atom stereocenters. The Morgan fingerprint density at radius 3 is 1.79 bits per heavy atom. The monoisotopic (exact) mass is 340 g/mol. The van der Waals surface area contributed by atoms with Gasteiger partial charge < -0.3 is 20.1 Å². The van der Waals surface area contributed by atoms with Crippen molar-refractivity contribution in [3.05, 3.63) is 34.9 Å². The molecule has 0 aliphatic carbocycles. The van der Waals surface area contributed by atoms with Crippen LogP contribution in [-0.4, -0.2) is 48.4 Å². The van der Waals surface area contributed by atoms with E-state index in [1.165, 1.54) is 16.7 Å².